The number of rotatable bonds is 7. The van der Waals surface area contributed by atoms with Crippen LogP contribution in [-0.2, 0) is 22.8 Å². The van der Waals surface area contributed by atoms with Crippen molar-refractivity contribution in [3.8, 4) is 0 Å². The van der Waals surface area contributed by atoms with Gasteiger partial charge in [0.2, 0.25) is 5.89 Å². The molecule has 1 aromatic heterocycles. The Morgan fingerprint density at radius 1 is 1.32 bits per heavy atom. The molecule has 22 heavy (non-hydrogen) atoms. The fraction of sp³-hybridized carbons (Fsp3) is 0.867. The standard InChI is InChI=1S/C15H27N3O3S/c1-4-5-10-15-16-14(17-21-15)11-18(2)12-8-6-7-9-13(12)22(3,19)20/h12-13H,4-11H2,1-3H3/t12-,13-/m1/s1. The van der Waals surface area contributed by atoms with Gasteiger partial charge in [0.15, 0.2) is 15.7 Å². The smallest absolute Gasteiger partial charge is 0.226 e. The van der Waals surface area contributed by atoms with Gasteiger partial charge in [-0.2, -0.15) is 4.98 Å². The highest BCUT2D eigenvalue weighted by atomic mass is 32.2. The number of sulfone groups is 1. The van der Waals surface area contributed by atoms with Crippen LogP contribution < -0.4 is 0 Å². The summed E-state index contributed by atoms with van der Waals surface area (Å²) >= 11 is 0. The summed E-state index contributed by atoms with van der Waals surface area (Å²) in [7, 11) is -1.07. The predicted molar refractivity (Wildman–Crippen MR) is 85.3 cm³/mol. The van der Waals surface area contributed by atoms with Gasteiger partial charge in [0, 0.05) is 18.7 Å². The molecule has 0 spiro atoms. The predicted octanol–water partition coefficient (Wildman–Crippen LogP) is 2.20. The number of hydrogen-bond donors (Lipinski definition) is 0. The third kappa shape index (κ3) is 4.52. The molecule has 0 aliphatic heterocycles. The number of nitrogens with zero attached hydrogens (tertiary/aromatic N) is 3. The highest BCUT2D eigenvalue weighted by molar-refractivity contribution is 7.91. The van der Waals surface area contributed by atoms with E-state index in [0.717, 1.165) is 44.9 Å². The lowest BCUT2D eigenvalue weighted by Gasteiger charge is -2.36. The molecule has 0 N–H and O–H groups in total. The van der Waals surface area contributed by atoms with E-state index in [1.54, 1.807) is 0 Å². The van der Waals surface area contributed by atoms with Gasteiger partial charge in [-0.1, -0.05) is 31.3 Å². The van der Waals surface area contributed by atoms with Crippen LogP contribution in [0.1, 0.15) is 57.2 Å². The molecule has 0 unspecified atom stereocenters. The third-order valence-electron chi connectivity index (χ3n) is 4.43. The van der Waals surface area contributed by atoms with Crippen molar-refractivity contribution in [1.82, 2.24) is 15.0 Å². The second-order valence-electron chi connectivity index (χ2n) is 6.34. The van der Waals surface area contributed by atoms with Crippen LogP contribution in [0, 0.1) is 0 Å². The number of hydrogen-bond acceptors (Lipinski definition) is 6. The fourth-order valence-electron chi connectivity index (χ4n) is 3.21. The normalized spacial score (nSPS) is 23.1. The Balaban J connectivity index is 2.00. The van der Waals surface area contributed by atoms with E-state index in [9.17, 15) is 8.42 Å². The Labute approximate surface area is 133 Å². The van der Waals surface area contributed by atoms with E-state index in [0.29, 0.717) is 18.3 Å². The van der Waals surface area contributed by atoms with Gasteiger partial charge >= 0.3 is 0 Å². The fourth-order valence-corrected chi connectivity index (χ4v) is 4.71. The molecule has 0 bridgehead atoms. The van der Waals surface area contributed by atoms with Crippen molar-refractivity contribution < 1.29 is 12.9 Å². The first-order valence-electron chi connectivity index (χ1n) is 8.12. The Morgan fingerprint density at radius 3 is 2.73 bits per heavy atom. The van der Waals surface area contributed by atoms with Gasteiger partial charge in [-0.3, -0.25) is 4.90 Å². The summed E-state index contributed by atoms with van der Waals surface area (Å²) in [4.78, 5) is 6.47. The average molecular weight is 329 g/mol. The first-order valence-corrected chi connectivity index (χ1v) is 10.1. The number of aryl methyl sites for hydroxylation is 1. The lowest BCUT2D eigenvalue weighted by atomic mass is 9.94. The lowest BCUT2D eigenvalue weighted by Crippen LogP contribution is -2.46. The van der Waals surface area contributed by atoms with Crippen LogP contribution >= 0.6 is 0 Å². The zero-order chi connectivity index (χ0) is 16.2. The highest BCUT2D eigenvalue weighted by Gasteiger charge is 2.35. The summed E-state index contributed by atoms with van der Waals surface area (Å²) in [6.07, 6.45) is 8.02. The minimum absolute atomic E-state index is 0.0429. The highest BCUT2D eigenvalue weighted by Crippen LogP contribution is 2.28. The molecule has 6 nitrogen and oxygen atoms in total. The van der Waals surface area contributed by atoms with Gasteiger partial charge in [0.1, 0.15) is 0 Å². The van der Waals surface area contributed by atoms with E-state index in [2.05, 4.69) is 22.0 Å². The van der Waals surface area contributed by atoms with Crippen molar-refractivity contribution in [3.63, 3.8) is 0 Å². The minimum atomic E-state index is -3.03. The number of unbranched alkanes of at least 4 members (excludes halogenated alkanes) is 1. The molecule has 1 fully saturated rings. The quantitative estimate of drug-likeness (QED) is 0.763. The number of aromatic nitrogens is 2. The van der Waals surface area contributed by atoms with Crippen molar-refractivity contribution in [2.45, 2.75) is 69.7 Å². The minimum Gasteiger partial charge on any atom is -0.339 e. The average Bonchev–Trinajstić information content (AvgIpc) is 2.91. The molecule has 2 rings (SSSR count). The maximum atomic E-state index is 12.0. The van der Waals surface area contributed by atoms with Crippen molar-refractivity contribution >= 4 is 9.84 Å². The van der Waals surface area contributed by atoms with Crippen LogP contribution in [0.3, 0.4) is 0 Å². The molecule has 0 amide bonds. The van der Waals surface area contributed by atoms with Crippen LogP contribution in [0.15, 0.2) is 4.52 Å². The van der Waals surface area contributed by atoms with Crippen LogP contribution in [0.4, 0.5) is 0 Å². The molecule has 1 aromatic rings. The SMILES string of the molecule is CCCCc1nc(CN(C)[C@@H]2CCCC[C@H]2S(C)(=O)=O)no1. The molecule has 1 saturated carbocycles. The molecule has 1 heterocycles. The largest absolute Gasteiger partial charge is 0.339 e. The Bertz CT molecular complexity index is 570. The van der Waals surface area contributed by atoms with Crippen LogP contribution in [0.5, 0.6) is 0 Å². The summed E-state index contributed by atoms with van der Waals surface area (Å²) in [5.41, 5.74) is 0. The molecule has 1 aliphatic rings. The summed E-state index contributed by atoms with van der Waals surface area (Å²) in [6.45, 7) is 2.66. The van der Waals surface area contributed by atoms with E-state index in [4.69, 9.17) is 4.52 Å². The van der Waals surface area contributed by atoms with Crippen LogP contribution in [-0.4, -0.2) is 48.1 Å². The lowest BCUT2D eigenvalue weighted by molar-refractivity contribution is 0.181. The molecule has 1 aliphatic carbocycles. The van der Waals surface area contributed by atoms with Crippen molar-refractivity contribution in [2.75, 3.05) is 13.3 Å². The first-order chi connectivity index (χ1) is 10.4. The second kappa shape index (κ2) is 7.55. The molecule has 7 heteroatoms. The topological polar surface area (TPSA) is 76.3 Å². The van der Waals surface area contributed by atoms with Crippen LogP contribution in [0.25, 0.3) is 0 Å². The second-order valence-corrected chi connectivity index (χ2v) is 8.61. The van der Waals surface area contributed by atoms with Crippen LogP contribution in [0.2, 0.25) is 0 Å². The van der Waals surface area contributed by atoms with Gasteiger partial charge in [-0.25, -0.2) is 8.42 Å². The molecule has 0 aromatic carbocycles. The van der Waals surface area contributed by atoms with E-state index in [-0.39, 0.29) is 11.3 Å². The third-order valence-corrected chi connectivity index (χ3v) is 6.08. The Kier molecular flexibility index (Phi) is 5.97. The molecule has 0 radical (unpaired) electrons. The molecular formula is C15H27N3O3S. The first kappa shape index (κ1) is 17.4. The molecule has 2 atom stereocenters. The molecular weight excluding hydrogens is 302 g/mol. The zero-order valence-electron chi connectivity index (χ0n) is 13.8. The van der Waals surface area contributed by atoms with Gasteiger partial charge in [0.05, 0.1) is 11.8 Å². The van der Waals surface area contributed by atoms with Gasteiger partial charge in [0.25, 0.3) is 0 Å². The Hall–Kier alpha value is -0.950. The van der Waals surface area contributed by atoms with Crippen molar-refractivity contribution in [3.05, 3.63) is 11.7 Å². The molecule has 0 saturated heterocycles. The van der Waals surface area contributed by atoms with E-state index in [1.807, 2.05) is 7.05 Å². The van der Waals surface area contributed by atoms with Gasteiger partial charge in [-0.15, -0.1) is 0 Å². The van der Waals surface area contributed by atoms with E-state index >= 15 is 0 Å². The zero-order valence-corrected chi connectivity index (χ0v) is 14.6. The summed E-state index contributed by atoms with van der Waals surface area (Å²) in [5.74, 6) is 1.32. The van der Waals surface area contributed by atoms with Crippen molar-refractivity contribution in [2.24, 2.45) is 0 Å². The van der Waals surface area contributed by atoms with E-state index < -0.39 is 9.84 Å². The summed E-state index contributed by atoms with van der Waals surface area (Å²) in [5, 5.41) is 3.73. The maximum absolute atomic E-state index is 12.0. The summed E-state index contributed by atoms with van der Waals surface area (Å²) in [6, 6.07) is 0.0429. The monoisotopic (exact) mass is 329 g/mol. The summed E-state index contributed by atoms with van der Waals surface area (Å²) < 4.78 is 29.2. The molecule has 126 valence electrons. The maximum Gasteiger partial charge on any atom is 0.226 e. The van der Waals surface area contributed by atoms with E-state index in [1.165, 1.54) is 6.26 Å². The van der Waals surface area contributed by atoms with Crippen molar-refractivity contribution in [1.29, 1.82) is 0 Å². The van der Waals surface area contributed by atoms with Gasteiger partial charge < -0.3 is 4.52 Å². The van der Waals surface area contributed by atoms with Gasteiger partial charge in [-0.05, 0) is 26.3 Å². The Morgan fingerprint density at radius 2 is 2.05 bits per heavy atom.